The van der Waals surface area contributed by atoms with E-state index in [-0.39, 0.29) is 6.42 Å². The van der Waals surface area contributed by atoms with Crippen LogP contribution in [-0.4, -0.2) is 49.1 Å². The van der Waals surface area contributed by atoms with Crippen molar-refractivity contribution < 1.29 is 23.6 Å². The number of aliphatic carboxylic acids is 1. The van der Waals surface area contributed by atoms with E-state index in [1.165, 1.54) is 6.07 Å². The number of nitrogens with zero attached hydrogens (tertiary/aromatic N) is 2. The van der Waals surface area contributed by atoms with Crippen molar-refractivity contribution in [1.82, 2.24) is 14.6 Å². The summed E-state index contributed by atoms with van der Waals surface area (Å²) in [7, 11) is -1.67. The fourth-order valence-corrected chi connectivity index (χ4v) is 6.14. The molecular formula is C26H25Cl2N3O5S. The number of carbonyl (C=O) groups excluding carboxylic acids is 1. The molecule has 3 aromatic rings. The van der Waals surface area contributed by atoms with Gasteiger partial charge in [0.1, 0.15) is 35.4 Å². The minimum atomic E-state index is -1.67. The maximum absolute atomic E-state index is 13.2. The maximum atomic E-state index is 13.2. The number of hydrogen-bond acceptors (Lipinski definition) is 5. The van der Waals surface area contributed by atoms with Gasteiger partial charge >= 0.3 is 5.97 Å². The zero-order chi connectivity index (χ0) is 26.4. The van der Waals surface area contributed by atoms with Crippen molar-refractivity contribution >= 4 is 46.1 Å². The molecule has 2 aromatic carbocycles. The van der Waals surface area contributed by atoms with Gasteiger partial charge in [0.25, 0.3) is 0 Å². The molecule has 1 aliphatic rings. The largest absolute Gasteiger partial charge is 0.487 e. The Morgan fingerprint density at radius 1 is 1.14 bits per heavy atom. The second-order valence-corrected chi connectivity index (χ2v) is 10.8. The summed E-state index contributed by atoms with van der Waals surface area (Å²) in [6, 6.07) is 15.3. The smallest absolute Gasteiger partial charge is 0.326 e. The Bertz CT molecular complexity index is 1260. The molecule has 11 heteroatoms. The van der Waals surface area contributed by atoms with E-state index in [1.807, 2.05) is 18.2 Å². The Morgan fingerprint density at radius 2 is 1.86 bits per heavy atom. The summed E-state index contributed by atoms with van der Waals surface area (Å²) < 4.78 is 20.4. The van der Waals surface area contributed by atoms with Gasteiger partial charge in [-0.05, 0) is 60.9 Å². The normalized spacial score (nSPS) is 17.2. The summed E-state index contributed by atoms with van der Waals surface area (Å²) in [5.41, 5.74) is 1.51. The van der Waals surface area contributed by atoms with Gasteiger partial charge in [0.05, 0.1) is 10.6 Å². The third kappa shape index (κ3) is 7.29. The van der Waals surface area contributed by atoms with Crippen LogP contribution in [0.2, 0.25) is 10.0 Å². The molecule has 0 bridgehead atoms. The van der Waals surface area contributed by atoms with Crippen LogP contribution in [0.5, 0.6) is 5.75 Å². The van der Waals surface area contributed by atoms with Gasteiger partial charge in [-0.25, -0.2) is 13.3 Å². The number of nitrogens with one attached hydrogen (secondary N) is 1. The first-order valence-electron chi connectivity index (χ1n) is 11.6. The van der Waals surface area contributed by atoms with Crippen molar-refractivity contribution in [2.24, 2.45) is 0 Å². The molecule has 37 heavy (non-hydrogen) atoms. The second-order valence-electron chi connectivity index (χ2n) is 8.51. The molecule has 0 saturated carbocycles. The van der Waals surface area contributed by atoms with Gasteiger partial charge in [-0.3, -0.25) is 9.78 Å². The Hall–Kier alpha value is -2.98. The van der Waals surface area contributed by atoms with Crippen molar-refractivity contribution in [2.75, 3.05) is 6.54 Å². The van der Waals surface area contributed by atoms with Crippen LogP contribution in [-0.2, 0) is 33.6 Å². The van der Waals surface area contributed by atoms with Crippen molar-refractivity contribution in [3.05, 3.63) is 88.2 Å². The number of ether oxygens (including phenoxy) is 1. The van der Waals surface area contributed by atoms with Crippen LogP contribution in [0.3, 0.4) is 0 Å². The van der Waals surface area contributed by atoms with E-state index in [0.717, 1.165) is 11.3 Å². The number of amides is 1. The molecule has 1 aliphatic heterocycles. The van der Waals surface area contributed by atoms with Crippen molar-refractivity contribution in [2.45, 2.75) is 42.8 Å². The molecule has 1 saturated heterocycles. The number of pyridine rings is 1. The lowest BCUT2D eigenvalue weighted by Gasteiger charge is -2.24. The topological polar surface area (TPSA) is 109 Å². The van der Waals surface area contributed by atoms with Gasteiger partial charge in [-0.2, -0.15) is 0 Å². The fraction of sp³-hybridized carbons (Fsp3) is 0.269. The van der Waals surface area contributed by atoms with E-state index >= 15 is 0 Å². The van der Waals surface area contributed by atoms with Crippen LogP contribution in [0.1, 0.15) is 24.1 Å². The number of carboxylic acids is 1. The first-order chi connectivity index (χ1) is 17.8. The number of carbonyl (C=O) groups is 2. The Kier molecular flexibility index (Phi) is 9.15. The zero-order valence-electron chi connectivity index (χ0n) is 19.7. The molecule has 3 atom stereocenters. The molecule has 0 radical (unpaired) electrons. The van der Waals surface area contributed by atoms with E-state index in [4.69, 9.17) is 27.9 Å². The van der Waals surface area contributed by atoms with E-state index in [0.29, 0.717) is 46.7 Å². The van der Waals surface area contributed by atoms with Gasteiger partial charge < -0.3 is 15.2 Å². The summed E-state index contributed by atoms with van der Waals surface area (Å²) >= 11 is 12.1. The number of aromatic nitrogens is 1. The Morgan fingerprint density at radius 3 is 2.51 bits per heavy atom. The lowest BCUT2D eigenvalue weighted by Crippen LogP contribution is -2.50. The number of benzene rings is 2. The molecule has 2 heterocycles. The molecule has 1 amide bonds. The Balaban J connectivity index is 1.37. The minimum absolute atomic E-state index is 0.0846. The molecule has 4 rings (SSSR count). The first-order valence-corrected chi connectivity index (χ1v) is 13.5. The molecule has 0 spiro atoms. The van der Waals surface area contributed by atoms with Gasteiger partial charge in [0, 0.05) is 29.2 Å². The summed E-state index contributed by atoms with van der Waals surface area (Å²) in [6.45, 7) is 0.737. The molecule has 1 unspecified atom stereocenters. The molecule has 8 nitrogen and oxygen atoms in total. The summed E-state index contributed by atoms with van der Waals surface area (Å²) in [6.07, 6.45) is 2.88. The van der Waals surface area contributed by atoms with Gasteiger partial charge in [0.15, 0.2) is 0 Å². The zero-order valence-corrected chi connectivity index (χ0v) is 22.0. The highest BCUT2D eigenvalue weighted by Gasteiger charge is 2.36. The second kappa shape index (κ2) is 12.5. The number of carboxylic acid groups (broad SMARTS) is 1. The fourth-order valence-electron chi connectivity index (χ4n) is 4.03. The average Bonchev–Trinajstić information content (AvgIpc) is 3.37. The molecule has 2 N–H and O–H groups in total. The minimum Gasteiger partial charge on any atom is -0.487 e. The number of rotatable bonds is 10. The number of halogens is 2. The molecule has 1 fully saturated rings. The third-order valence-corrected chi connectivity index (χ3v) is 7.79. The summed E-state index contributed by atoms with van der Waals surface area (Å²) in [5, 5.41) is 13.1. The maximum Gasteiger partial charge on any atom is 0.326 e. The average molecular weight is 562 g/mol. The predicted octanol–water partition coefficient (Wildman–Crippen LogP) is 4.27. The Labute approximate surface area is 227 Å². The van der Waals surface area contributed by atoms with E-state index in [9.17, 15) is 18.9 Å². The van der Waals surface area contributed by atoms with E-state index < -0.39 is 34.9 Å². The highest BCUT2D eigenvalue weighted by Crippen LogP contribution is 2.27. The SMILES string of the molecule is O=C(O)[C@H](Cc1ccc(OCc2ccccn2)cc1)NC(=O)[C@@H]1CCCN1S(=O)c1cc(Cl)cc(Cl)c1. The molecule has 194 valence electrons. The molecule has 0 aliphatic carbocycles. The van der Waals surface area contributed by atoms with Crippen LogP contribution >= 0.6 is 23.2 Å². The third-order valence-electron chi connectivity index (χ3n) is 5.85. The van der Waals surface area contributed by atoms with Crippen LogP contribution < -0.4 is 10.1 Å². The summed E-state index contributed by atoms with van der Waals surface area (Å²) in [4.78, 5) is 29.6. The first kappa shape index (κ1) is 27.1. The van der Waals surface area contributed by atoms with Crippen molar-refractivity contribution in [3.8, 4) is 5.75 Å². The van der Waals surface area contributed by atoms with E-state index in [2.05, 4.69) is 10.3 Å². The van der Waals surface area contributed by atoms with Crippen LogP contribution in [0.4, 0.5) is 0 Å². The summed E-state index contributed by atoms with van der Waals surface area (Å²) in [5.74, 6) is -1.02. The van der Waals surface area contributed by atoms with E-state index in [1.54, 1.807) is 46.9 Å². The van der Waals surface area contributed by atoms with Gasteiger partial charge in [0.2, 0.25) is 5.91 Å². The predicted molar refractivity (Wildman–Crippen MR) is 141 cm³/mol. The molecule has 1 aromatic heterocycles. The van der Waals surface area contributed by atoms with Gasteiger partial charge in [-0.15, -0.1) is 0 Å². The lowest BCUT2D eigenvalue weighted by molar-refractivity contribution is -0.142. The van der Waals surface area contributed by atoms with Crippen molar-refractivity contribution in [1.29, 1.82) is 0 Å². The van der Waals surface area contributed by atoms with Crippen molar-refractivity contribution in [3.63, 3.8) is 0 Å². The number of hydrogen-bond donors (Lipinski definition) is 2. The van der Waals surface area contributed by atoms with Crippen LogP contribution in [0, 0.1) is 0 Å². The monoisotopic (exact) mass is 561 g/mol. The quantitative estimate of drug-likeness (QED) is 0.382. The molecular weight excluding hydrogens is 537 g/mol. The standard InChI is InChI=1S/C26H25Cl2N3O5S/c27-18-13-19(28)15-22(14-18)37(35)31-11-3-5-24(31)25(32)30-23(26(33)34)12-17-6-8-21(9-7-17)36-16-20-4-1-2-10-29-20/h1-2,4,6-10,13-15,23-24H,3,5,11-12,16H2,(H,30,32)(H,33,34)/t23-,24-,37?/m0/s1. The van der Waals surface area contributed by atoms with Crippen LogP contribution in [0.15, 0.2) is 71.8 Å². The highest BCUT2D eigenvalue weighted by atomic mass is 35.5. The van der Waals surface area contributed by atoms with Gasteiger partial charge in [-0.1, -0.05) is 41.4 Å². The highest BCUT2D eigenvalue weighted by molar-refractivity contribution is 7.82. The lowest BCUT2D eigenvalue weighted by atomic mass is 10.1. The van der Waals surface area contributed by atoms with Crippen LogP contribution in [0.25, 0.3) is 0 Å².